The average molecular weight is 311 g/mol. The third kappa shape index (κ3) is 2.27. The van der Waals surface area contributed by atoms with E-state index in [1.54, 1.807) is 0 Å². The van der Waals surface area contributed by atoms with Gasteiger partial charge in [-0.2, -0.15) is 5.26 Å². The molecule has 1 aromatic heterocycles. The number of benzene rings is 2. The summed E-state index contributed by atoms with van der Waals surface area (Å²) < 4.78 is 3.27. The first kappa shape index (κ1) is 12.0. The zero-order chi connectivity index (χ0) is 13.2. The molecular weight excluding hydrogens is 300 g/mol. The van der Waals surface area contributed by atoms with Gasteiger partial charge in [0.05, 0.1) is 11.6 Å². The summed E-state index contributed by atoms with van der Waals surface area (Å²) in [7, 11) is 0. The SMILES string of the molecule is N#Cc1ccc2ccn(Cc3ccccc3Br)c2c1. The molecule has 0 amide bonds. The van der Waals surface area contributed by atoms with Gasteiger partial charge in [-0.05, 0) is 35.2 Å². The zero-order valence-electron chi connectivity index (χ0n) is 10.2. The van der Waals surface area contributed by atoms with E-state index in [2.05, 4.69) is 44.9 Å². The summed E-state index contributed by atoms with van der Waals surface area (Å²) in [6, 6.07) is 18.2. The van der Waals surface area contributed by atoms with Crippen molar-refractivity contribution in [2.75, 3.05) is 0 Å². The summed E-state index contributed by atoms with van der Waals surface area (Å²) in [5.41, 5.74) is 3.01. The van der Waals surface area contributed by atoms with Crippen LogP contribution in [0.3, 0.4) is 0 Å². The minimum atomic E-state index is 0.694. The second kappa shape index (κ2) is 4.91. The highest BCUT2D eigenvalue weighted by atomic mass is 79.9. The van der Waals surface area contributed by atoms with Crippen molar-refractivity contribution < 1.29 is 0 Å². The Morgan fingerprint density at radius 1 is 1.11 bits per heavy atom. The van der Waals surface area contributed by atoms with Crippen LogP contribution in [0.25, 0.3) is 10.9 Å². The molecule has 0 aliphatic heterocycles. The Morgan fingerprint density at radius 2 is 1.95 bits per heavy atom. The van der Waals surface area contributed by atoms with Crippen LogP contribution in [-0.2, 0) is 6.54 Å². The first-order valence-corrected chi connectivity index (χ1v) is 6.79. The van der Waals surface area contributed by atoms with Crippen molar-refractivity contribution in [2.24, 2.45) is 0 Å². The van der Waals surface area contributed by atoms with Crippen LogP contribution >= 0.6 is 15.9 Å². The Morgan fingerprint density at radius 3 is 2.74 bits per heavy atom. The Labute approximate surface area is 120 Å². The van der Waals surface area contributed by atoms with Crippen molar-refractivity contribution in [3.8, 4) is 6.07 Å². The maximum absolute atomic E-state index is 8.99. The molecule has 3 rings (SSSR count). The van der Waals surface area contributed by atoms with E-state index in [1.807, 2.05) is 36.4 Å². The molecule has 3 aromatic rings. The fourth-order valence-electron chi connectivity index (χ4n) is 2.20. The zero-order valence-corrected chi connectivity index (χ0v) is 11.8. The topological polar surface area (TPSA) is 28.7 Å². The minimum Gasteiger partial charge on any atom is -0.343 e. The van der Waals surface area contributed by atoms with Gasteiger partial charge in [-0.25, -0.2) is 0 Å². The van der Waals surface area contributed by atoms with Crippen LogP contribution in [0.2, 0.25) is 0 Å². The Balaban J connectivity index is 2.06. The maximum Gasteiger partial charge on any atom is 0.0992 e. The molecule has 0 bridgehead atoms. The number of rotatable bonds is 2. The molecule has 0 aliphatic rings. The molecule has 0 fully saturated rings. The molecule has 0 atom stereocenters. The van der Waals surface area contributed by atoms with Gasteiger partial charge >= 0.3 is 0 Å². The standard InChI is InChI=1S/C16H11BrN2/c17-15-4-2-1-3-14(15)11-19-8-7-13-6-5-12(10-18)9-16(13)19/h1-9H,11H2. The number of nitrogens with zero attached hydrogens (tertiary/aromatic N) is 2. The summed E-state index contributed by atoms with van der Waals surface area (Å²) in [5.74, 6) is 0. The summed E-state index contributed by atoms with van der Waals surface area (Å²) >= 11 is 3.57. The lowest BCUT2D eigenvalue weighted by Crippen LogP contribution is -1.98. The highest BCUT2D eigenvalue weighted by Crippen LogP contribution is 2.22. The Kier molecular flexibility index (Phi) is 3.10. The third-order valence-electron chi connectivity index (χ3n) is 3.20. The van der Waals surface area contributed by atoms with Crippen molar-refractivity contribution in [3.05, 3.63) is 70.3 Å². The van der Waals surface area contributed by atoms with Gasteiger partial charge in [0.15, 0.2) is 0 Å². The quantitative estimate of drug-likeness (QED) is 0.693. The van der Waals surface area contributed by atoms with Crippen LogP contribution in [0.4, 0.5) is 0 Å². The molecule has 0 radical (unpaired) electrons. The van der Waals surface area contributed by atoms with Crippen LogP contribution in [-0.4, -0.2) is 4.57 Å². The predicted molar refractivity (Wildman–Crippen MR) is 79.9 cm³/mol. The van der Waals surface area contributed by atoms with Gasteiger partial charge in [-0.15, -0.1) is 0 Å². The summed E-state index contributed by atoms with van der Waals surface area (Å²) in [5, 5.41) is 10.2. The normalized spacial score (nSPS) is 10.5. The van der Waals surface area contributed by atoms with E-state index in [1.165, 1.54) is 5.56 Å². The summed E-state index contributed by atoms with van der Waals surface area (Å²) in [4.78, 5) is 0. The molecule has 0 saturated heterocycles. The van der Waals surface area contributed by atoms with Crippen LogP contribution in [0, 0.1) is 11.3 Å². The van der Waals surface area contributed by atoms with Crippen LogP contribution in [0.5, 0.6) is 0 Å². The highest BCUT2D eigenvalue weighted by molar-refractivity contribution is 9.10. The molecule has 0 unspecified atom stereocenters. The Bertz CT molecular complexity index is 781. The van der Waals surface area contributed by atoms with Gasteiger partial charge in [0.1, 0.15) is 0 Å². The lowest BCUT2D eigenvalue weighted by molar-refractivity contribution is 0.833. The van der Waals surface area contributed by atoms with E-state index in [9.17, 15) is 0 Å². The second-order valence-electron chi connectivity index (χ2n) is 4.42. The van der Waals surface area contributed by atoms with Gasteiger partial charge in [0.2, 0.25) is 0 Å². The lowest BCUT2D eigenvalue weighted by Gasteiger charge is -2.07. The van der Waals surface area contributed by atoms with Crippen LogP contribution in [0.1, 0.15) is 11.1 Å². The number of nitriles is 1. The third-order valence-corrected chi connectivity index (χ3v) is 3.98. The molecule has 0 N–H and O–H groups in total. The van der Waals surface area contributed by atoms with Crippen molar-refractivity contribution >= 4 is 26.8 Å². The summed E-state index contributed by atoms with van der Waals surface area (Å²) in [6.07, 6.45) is 2.06. The van der Waals surface area contributed by atoms with E-state index in [-0.39, 0.29) is 0 Å². The van der Waals surface area contributed by atoms with Gasteiger partial charge in [0, 0.05) is 22.7 Å². The van der Waals surface area contributed by atoms with Gasteiger partial charge in [-0.3, -0.25) is 0 Å². The number of aromatic nitrogens is 1. The largest absolute Gasteiger partial charge is 0.343 e. The molecule has 2 nitrogen and oxygen atoms in total. The van der Waals surface area contributed by atoms with Crippen molar-refractivity contribution in [2.45, 2.75) is 6.54 Å². The first-order chi connectivity index (χ1) is 9.28. The molecule has 3 heteroatoms. The molecule has 2 aromatic carbocycles. The van der Waals surface area contributed by atoms with Gasteiger partial charge < -0.3 is 4.57 Å². The Hall–Kier alpha value is -2.05. The monoisotopic (exact) mass is 310 g/mol. The average Bonchev–Trinajstić information content (AvgIpc) is 2.84. The molecule has 92 valence electrons. The van der Waals surface area contributed by atoms with E-state index in [0.717, 1.165) is 21.9 Å². The minimum absolute atomic E-state index is 0.694. The van der Waals surface area contributed by atoms with E-state index in [4.69, 9.17) is 5.26 Å². The van der Waals surface area contributed by atoms with Crippen LogP contribution < -0.4 is 0 Å². The highest BCUT2D eigenvalue weighted by Gasteiger charge is 2.05. The van der Waals surface area contributed by atoms with E-state index >= 15 is 0 Å². The molecule has 0 saturated carbocycles. The van der Waals surface area contributed by atoms with Gasteiger partial charge in [-0.1, -0.05) is 40.2 Å². The lowest BCUT2D eigenvalue weighted by atomic mass is 10.2. The molecule has 0 aliphatic carbocycles. The predicted octanol–water partition coefficient (Wildman–Crippen LogP) is 4.32. The first-order valence-electron chi connectivity index (χ1n) is 6.00. The second-order valence-corrected chi connectivity index (χ2v) is 5.27. The van der Waals surface area contributed by atoms with E-state index in [0.29, 0.717) is 5.56 Å². The molecule has 0 spiro atoms. The fourth-order valence-corrected chi connectivity index (χ4v) is 2.61. The molecule has 1 heterocycles. The number of halogens is 1. The molecule has 19 heavy (non-hydrogen) atoms. The smallest absolute Gasteiger partial charge is 0.0992 e. The van der Waals surface area contributed by atoms with Crippen LogP contribution in [0.15, 0.2) is 59.2 Å². The molecular formula is C16H11BrN2. The number of hydrogen-bond acceptors (Lipinski definition) is 1. The van der Waals surface area contributed by atoms with Crippen molar-refractivity contribution in [1.82, 2.24) is 4.57 Å². The summed E-state index contributed by atoms with van der Waals surface area (Å²) in [6.45, 7) is 0.791. The van der Waals surface area contributed by atoms with Gasteiger partial charge in [0.25, 0.3) is 0 Å². The van der Waals surface area contributed by atoms with Crippen molar-refractivity contribution in [3.63, 3.8) is 0 Å². The van der Waals surface area contributed by atoms with Crippen molar-refractivity contribution in [1.29, 1.82) is 5.26 Å². The maximum atomic E-state index is 8.99. The number of hydrogen-bond donors (Lipinski definition) is 0. The number of fused-ring (bicyclic) bond motifs is 1. The van der Waals surface area contributed by atoms with E-state index < -0.39 is 0 Å². The fraction of sp³-hybridized carbons (Fsp3) is 0.0625.